The Bertz CT molecular complexity index is 619. The van der Waals surface area contributed by atoms with Gasteiger partial charge in [0.25, 0.3) is 0 Å². The van der Waals surface area contributed by atoms with E-state index in [1.807, 2.05) is 0 Å². The zero-order valence-electron chi connectivity index (χ0n) is 11.1. The summed E-state index contributed by atoms with van der Waals surface area (Å²) in [5, 5.41) is 19.8. The summed E-state index contributed by atoms with van der Waals surface area (Å²) < 4.78 is 41.2. The predicted molar refractivity (Wildman–Crippen MR) is 69.9 cm³/mol. The van der Waals surface area contributed by atoms with Crippen molar-refractivity contribution in [3.8, 4) is 11.5 Å². The van der Waals surface area contributed by atoms with Crippen LogP contribution in [0.1, 0.15) is 18.1 Å². The van der Waals surface area contributed by atoms with Gasteiger partial charge in [-0.15, -0.1) is 13.2 Å². The van der Waals surface area contributed by atoms with E-state index in [2.05, 4.69) is 4.74 Å². The normalized spacial score (nSPS) is 14.5. The maximum Gasteiger partial charge on any atom is 0.573 e. The van der Waals surface area contributed by atoms with Gasteiger partial charge in [0.1, 0.15) is 17.1 Å². The van der Waals surface area contributed by atoms with Gasteiger partial charge in [-0.05, 0) is 30.7 Å². The summed E-state index contributed by atoms with van der Waals surface area (Å²) in [5.41, 5.74) is -1.39. The first-order chi connectivity index (χ1) is 9.70. The summed E-state index contributed by atoms with van der Waals surface area (Å²) in [7, 11) is 0. The number of aromatic hydroxyl groups is 1. The molecule has 2 aromatic rings. The number of halogens is 3. The number of ether oxygens (including phenoxy) is 1. The molecule has 2 N–H and O–H groups in total. The van der Waals surface area contributed by atoms with Crippen molar-refractivity contribution in [2.45, 2.75) is 18.9 Å². The highest BCUT2D eigenvalue weighted by atomic mass is 19.4. The highest BCUT2D eigenvalue weighted by molar-refractivity contribution is 5.45. The van der Waals surface area contributed by atoms with Gasteiger partial charge in [0.05, 0.1) is 0 Å². The van der Waals surface area contributed by atoms with Crippen LogP contribution in [0.4, 0.5) is 13.2 Å². The van der Waals surface area contributed by atoms with Crippen LogP contribution in [0.25, 0.3) is 0 Å². The van der Waals surface area contributed by atoms with E-state index in [0.29, 0.717) is 5.56 Å². The number of alkyl halides is 3. The zero-order valence-corrected chi connectivity index (χ0v) is 11.1. The highest BCUT2D eigenvalue weighted by Crippen LogP contribution is 2.37. The molecule has 0 aliphatic heterocycles. The topological polar surface area (TPSA) is 49.7 Å². The molecule has 0 saturated carbocycles. The molecule has 0 spiro atoms. The van der Waals surface area contributed by atoms with Crippen LogP contribution in [0.3, 0.4) is 0 Å². The molecule has 0 amide bonds. The first-order valence-electron chi connectivity index (χ1n) is 6.07. The van der Waals surface area contributed by atoms with Crippen LogP contribution >= 0.6 is 0 Å². The Labute approximate surface area is 119 Å². The standard InChI is InChI=1S/C15H13F3O3/c1-14(20,10-6-8-11(19)9-7-10)12-4-2-3-5-13(12)21-15(16,17)18/h2-9,19-20H,1H3. The SMILES string of the molecule is CC(O)(c1ccc(O)cc1)c1ccccc1OC(F)(F)F. The van der Waals surface area contributed by atoms with Crippen molar-refractivity contribution < 1.29 is 28.1 Å². The summed E-state index contributed by atoms with van der Waals surface area (Å²) in [5.74, 6) is -0.475. The number of aliphatic hydroxyl groups is 1. The second-order valence-electron chi connectivity index (χ2n) is 4.66. The first kappa shape index (κ1) is 15.2. The molecule has 0 bridgehead atoms. The molecule has 3 nitrogen and oxygen atoms in total. The van der Waals surface area contributed by atoms with E-state index in [1.165, 1.54) is 49.4 Å². The van der Waals surface area contributed by atoms with E-state index in [1.54, 1.807) is 0 Å². The first-order valence-corrected chi connectivity index (χ1v) is 6.07. The van der Waals surface area contributed by atoms with Crippen LogP contribution in [-0.4, -0.2) is 16.6 Å². The number of hydrogen-bond acceptors (Lipinski definition) is 3. The quantitative estimate of drug-likeness (QED) is 0.911. The molecule has 0 heterocycles. The molecule has 2 rings (SSSR count). The van der Waals surface area contributed by atoms with Crippen LogP contribution in [0.15, 0.2) is 48.5 Å². The summed E-state index contributed by atoms with van der Waals surface area (Å²) in [6, 6.07) is 10.9. The molecular formula is C15H13F3O3. The van der Waals surface area contributed by atoms with Gasteiger partial charge in [-0.3, -0.25) is 0 Å². The van der Waals surface area contributed by atoms with Crippen LogP contribution in [0, 0.1) is 0 Å². The second-order valence-corrected chi connectivity index (χ2v) is 4.66. The molecule has 1 atom stereocenters. The maximum atomic E-state index is 12.4. The van der Waals surface area contributed by atoms with Crippen molar-refractivity contribution in [2.75, 3.05) is 0 Å². The predicted octanol–water partition coefficient (Wildman–Crippen LogP) is 3.55. The van der Waals surface area contributed by atoms with Crippen molar-refractivity contribution in [3.05, 3.63) is 59.7 Å². The fraction of sp³-hybridized carbons (Fsp3) is 0.200. The minimum absolute atomic E-state index is 0.00521. The largest absolute Gasteiger partial charge is 0.573 e. The number of hydrogen-bond donors (Lipinski definition) is 2. The summed E-state index contributed by atoms with van der Waals surface area (Å²) in [4.78, 5) is 0. The van der Waals surface area contributed by atoms with E-state index < -0.39 is 17.7 Å². The smallest absolute Gasteiger partial charge is 0.508 e. The molecule has 0 aliphatic rings. The van der Waals surface area contributed by atoms with Gasteiger partial charge in [-0.2, -0.15) is 0 Å². The molecule has 0 fully saturated rings. The lowest BCUT2D eigenvalue weighted by Gasteiger charge is -2.27. The number of para-hydroxylation sites is 1. The Hall–Kier alpha value is -2.21. The Morgan fingerprint density at radius 2 is 1.52 bits per heavy atom. The second kappa shape index (κ2) is 5.29. The number of benzene rings is 2. The van der Waals surface area contributed by atoms with Gasteiger partial charge in [0.15, 0.2) is 0 Å². The van der Waals surface area contributed by atoms with Crippen molar-refractivity contribution in [1.29, 1.82) is 0 Å². The molecule has 0 aliphatic carbocycles. The maximum absolute atomic E-state index is 12.4. The van der Waals surface area contributed by atoms with Crippen molar-refractivity contribution in [2.24, 2.45) is 0 Å². The van der Waals surface area contributed by atoms with E-state index in [-0.39, 0.29) is 11.3 Å². The highest BCUT2D eigenvalue weighted by Gasteiger charge is 2.36. The Kier molecular flexibility index (Phi) is 3.82. The summed E-state index contributed by atoms with van der Waals surface area (Å²) in [6.45, 7) is 1.36. The summed E-state index contributed by atoms with van der Waals surface area (Å²) >= 11 is 0. The molecule has 2 aromatic carbocycles. The average molecular weight is 298 g/mol. The monoisotopic (exact) mass is 298 g/mol. The molecule has 21 heavy (non-hydrogen) atoms. The van der Waals surface area contributed by atoms with E-state index in [4.69, 9.17) is 0 Å². The van der Waals surface area contributed by atoms with E-state index in [0.717, 1.165) is 6.07 Å². The Morgan fingerprint density at radius 1 is 0.952 bits per heavy atom. The lowest BCUT2D eigenvalue weighted by Crippen LogP contribution is -2.26. The zero-order chi connectivity index (χ0) is 15.7. The minimum atomic E-state index is -4.85. The minimum Gasteiger partial charge on any atom is -0.508 e. The van der Waals surface area contributed by atoms with Crippen LogP contribution in [-0.2, 0) is 5.60 Å². The van der Waals surface area contributed by atoms with Gasteiger partial charge in [-0.25, -0.2) is 0 Å². The van der Waals surface area contributed by atoms with Gasteiger partial charge < -0.3 is 14.9 Å². The fourth-order valence-electron chi connectivity index (χ4n) is 2.02. The number of rotatable bonds is 3. The number of phenolic OH excluding ortho intramolecular Hbond substituents is 1. The van der Waals surface area contributed by atoms with Crippen molar-refractivity contribution in [1.82, 2.24) is 0 Å². The molecule has 6 heteroatoms. The Balaban J connectivity index is 2.47. The lowest BCUT2D eigenvalue weighted by molar-refractivity contribution is -0.275. The van der Waals surface area contributed by atoms with Crippen LogP contribution in [0.5, 0.6) is 11.5 Å². The molecular weight excluding hydrogens is 285 g/mol. The van der Waals surface area contributed by atoms with Crippen molar-refractivity contribution >= 4 is 0 Å². The van der Waals surface area contributed by atoms with Gasteiger partial charge >= 0.3 is 6.36 Å². The Morgan fingerprint density at radius 3 is 2.10 bits per heavy atom. The third-order valence-corrected chi connectivity index (χ3v) is 3.07. The van der Waals surface area contributed by atoms with Gasteiger partial charge in [-0.1, -0.05) is 30.3 Å². The van der Waals surface area contributed by atoms with Crippen LogP contribution < -0.4 is 4.74 Å². The van der Waals surface area contributed by atoms with Crippen molar-refractivity contribution in [3.63, 3.8) is 0 Å². The number of phenols is 1. The molecule has 1 unspecified atom stereocenters. The average Bonchev–Trinajstić information content (AvgIpc) is 2.37. The summed E-state index contributed by atoms with van der Waals surface area (Å²) in [6.07, 6.45) is -4.85. The fourth-order valence-corrected chi connectivity index (χ4v) is 2.02. The molecule has 0 saturated heterocycles. The van der Waals surface area contributed by atoms with E-state index in [9.17, 15) is 23.4 Å². The third-order valence-electron chi connectivity index (χ3n) is 3.07. The van der Waals surface area contributed by atoms with Gasteiger partial charge in [0.2, 0.25) is 0 Å². The van der Waals surface area contributed by atoms with E-state index >= 15 is 0 Å². The third kappa shape index (κ3) is 3.46. The van der Waals surface area contributed by atoms with Gasteiger partial charge in [0, 0.05) is 5.56 Å². The lowest BCUT2D eigenvalue weighted by atomic mass is 9.87. The van der Waals surface area contributed by atoms with Crippen LogP contribution in [0.2, 0.25) is 0 Å². The molecule has 112 valence electrons. The molecule has 0 radical (unpaired) electrons. The molecule has 0 aromatic heterocycles.